The van der Waals surface area contributed by atoms with Gasteiger partial charge in [-0.2, -0.15) is 0 Å². The summed E-state index contributed by atoms with van der Waals surface area (Å²) in [7, 11) is -1.21. The van der Waals surface area contributed by atoms with E-state index in [1.165, 1.54) is 18.3 Å². The third kappa shape index (κ3) is 10.7. The molecule has 1 aromatic carbocycles. The van der Waals surface area contributed by atoms with Gasteiger partial charge in [-0.05, 0) is 90.6 Å². The van der Waals surface area contributed by atoms with Crippen molar-refractivity contribution in [2.45, 2.75) is 84.5 Å². The Balaban J connectivity index is 1.59. The largest absolute Gasteiger partial charge is 0.450 e. The van der Waals surface area contributed by atoms with Gasteiger partial charge >= 0.3 is 6.09 Å². The molecule has 1 amide bonds. The molecular formula is C30H40BrF2N3O4SSi. The Hall–Kier alpha value is -2.41. The summed E-state index contributed by atoms with van der Waals surface area (Å²) in [4.78, 5) is 16.8. The Morgan fingerprint density at radius 1 is 1.17 bits per heavy atom. The summed E-state index contributed by atoms with van der Waals surface area (Å²) in [5.74, 6) is -1.85. The number of halogens is 3. The first-order valence-corrected chi connectivity index (χ1v) is 18.9. The van der Waals surface area contributed by atoms with E-state index in [0.29, 0.717) is 58.7 Å². The minimum absolute atomic E-state index is 0.258. The first-order valence-electron chi connectivity index (χ1n) is 14.0. The summed E-state index contributed by atoms with van der Waals surface area (Å²) < 4.78 is 49.5. The highest BCUT2D eigenvalue weighted by Crippen LogP contribution is 2.37. The molecule has 0 bridgehead atoms. The van der Waals surface area contributed by atoms with E-state index in [-0.39, 0.29) is 12.2 Å². The summed E-state index contributed by atoms with van der Waals surface area (Å²) in [5, 5.41) is 3.30. The van der Waals surface area contributed by atoms with Gasteiger partial charge in [-0.25, -0.2) is 18.6 Å². The smallest absolute Gasteiger partial charge is 0.407 e. The van der Waals surface area contributed by atoms with Gasteiger partial charge in [0.25, 0.3) is 0 Å². The van der Waals surface area contributed by atoms with Crippen molar-refractivity contribution in [1.82, 2.24) is 14.9 Å². The van der Waals surface area contributed by atoms with Crippen LogP contribution in [0.2, 0.25) is 25.7 Å². The molecule has 7 nitrogen and oxygen atoms in total. The van der Waals surface area contributed by atoms with Crippen molar-refractivity contribution in [1.29, 1.82) is 0 Å². The fourth-order valence-electron chi connectivity index (χ4n) is 4.05. The van der Waals surface area contributed by atoms with Crippen molar-refractivity contribution in [2.24, 2.45) is 0 Å². The number of nitrogens with zero attached hydrogens (tertiary/aromatic N) is 2. The van der Waals surface area contributed by atoms with E-state index in [9.17, 15) is 4.79 Å². The number of pyridine rings is 1. The highest BCUT2D eigenvalue weighted by molar-refractivity contribution is 9.10. The van der Waals surface area contributed by atoms with E-state index in [1.807, 2.05) is 10.8 Å². The van der Waals surface area contributed by atoms with Crippen molar-refractivity contribution in [3.8, 4) is 11.5 Å². The predicted octanol–water partition coefficient (Wildman–Crippen LogP) is 8.79. The molecule has 2 heterocycles. The number of ether oxygens (including phenoxy) is 3. The zero-order chi connectivity index (χ0) is 31.1. The number of hydrogen-bond acceptors (Lipinski definition) is 6. The highest BCUT2D eigenvalue weighted by atomic mass is 79.9. The van der Waals surface area contributed by atoms with Crippen LogP contribution in [0.4, 0.5) is 13.6 Å². The number of fused-ring (bicyclic) bond motifs is 1. The average Bonchev–Trinajstić information content (AvgIpc) is 3.18. The minimum atomic E-state index is -1.21. The molecule has 0 radical (unpaired) electrons. The maximum Gasteiger partial charge on any atom is 0.407 e. The molecule has 0 aliphatic heterocycles. The Bertz CT molecular complexity index is 1380. The molecule has 0 saturated carbocycles. The van der Waals surface area contributed by atoms with E-state index in [1.54, 1.807) is 26.8 Å². The van der Waals surface area contributed by atoms with Gasteiger partial charge < -0.3 is 24.1 Å². The van der Waals surface area contributed by atoms with Crippen LogP contribution in [0, 0.1) is 11.6 Å². The van der Waals surface area contributed by atoms with Crippen molar-refractivity contribution in [3.05, 3.63) is 52.3 Å². The van der Waals surface area contributed by atoms with Crippen molar-refractivity contribution >= 4 is 58.2 Å². The predicted molar refractivity (Wildman–Crippen MR) is 172 cm³/mol. The molecule has 0 aliphatic carbocycles. The number of benzene rings is 1. The molecule has 0 spiro atoms. The molecule has 2 aromatic heterocycles. The van der Waals surface area contributed by atoms with Crippen LogP contribution in [0.15, 0.2) is 35.1 Å². The highest BCUT2D eigenvalue weighted by Gasteiger charge is 2.20. The van der Waals surface area contributed by atoms with E-state index in [0.717, 1.165) is 12.5 Å². The van der Waals surface area contributed by atoms with Gasteiger partial charge in [-0.3, -0.25) is 0 Å². The van der Waals surface area contributed by atoms with Crippen LogP contribution < -0.4 is 10.1 Å². The van der Waals surface area contributed by atoms with Crippen LogP contribution in [-0.4, -0.2) is 47.3 Å². The van der Waals surface area contributed by atoms with Gasteiger partial charge in [0.2, 0.25) is 0 Å². The van der Waals surface area contributed by atoms with Gasteiger partial charge in [-0.1, -0.05) is 31.9 Å². The van der Waals surface area contributed by atoms with Crippen LogP contribution >= 0.6 is 28.1 Å². The summed E-state index contributed by atoms with van der Waals surface area (Å²) in [6, 6.07) is 5.12. The normalized spacial score (nSPS) is 12.0. The minimum Gasteiger partial charge on any atom is -0.450 e. The molecule has 3 rings (SSSR count). The SMILES string of the molecule is CC(C)(C)OC(=O)NCCCCC(=S)Cc1cc(F)c(Oc2ccnc3c2c(Br)cn3COCC[Si](C)(C)C)c(F)c1. The van der Waals surface area contributed by atoms with E-state index < -0.39 is 37.2 Å². The Labute approximate surface area is 261 Å². The van der Waals surface area contributed by atoms with Crippen LogP contribution in [0.25, 0.3) is 11.0 Å². The number of aromatic nitrogens is 2. The molecule has 0 atom stereocenters. The summed E-state index contributed by atoms with van der Waals surface area (Å²) in [6.45, 7) is 13.7. The van der Waals surface area contributed by atoms with E-state index >= 15 is 8.78 Å². The van der Waals surface area contributed by atoms with Gasteiger partial charge in [0.1, 0.15) is 23.7 Å². The topological polar surface area (TPSA) is 74.6 Å². The number of carbonyl (C=O) groups is 1. The Morgan fingerprint density at radius 2 is 1.86 bits per heavy atom. The Morgan fingerprint density at radius 3 is 2.50 bits per heavy atom. The molecule has 230 valence electrons. The lowest BCUT2D eigenvalue weighted by molar-refractivity contribution is 0.0527. The van der Waals surface area contributed by atoms with E-state index in [4.69, 9.17) is 26.4 Å². The third-order valence-corrected chi connectivity index (χ3v) is 8.78. The number of amides is 1. The zero-order valence-corrected chi connectivity index (χ0v) is 28.5. The monoisotopic (exact) mass is 683 g/mol. The second-order valence-electron chi connectivity index (χ2n) is 12.4. The molecule has 0 unspecified atom stereocenters. The number of thiocarbonyl (C=S) groups is 1. The first-order chi connectivity index (χ1) is 19.6. The van der Waals surface area contributed by atoms with Crippen LogP contribution in [0.1, 0.15) is 45.6 Å². The average molecular weight is 685 g/mol. The number of alkyl carbamates (subject to hydrolysis) is 1. The van der Waals surface area contributed by atoms with Crippen LogP contribution in [-0.2, 0) is 22.6 Å². The van der Waals surface area contributed by atoms with Crippen molar-refractivity contribution < 1.29 is 27.8 Å². The van der Waals surface area contributed by atoms with Gasteiger partial charge in [0.15, 0.2) is 17.4 Å². The molecular weight excluding hydrogens is 644 g/mol. The van der Waals surface area contributed by atoms with Crippen molar-refractivity contribution in [2.75, 3.05) is 13.2 Å². The molecule has 0 aliphatic rings. The number of rotatable bonds is 14. The number of nitrogens with one attached hydrogen (secondary N) is 1. The molecule has 3 aromatic rings. The lowest BCUT2D eigenvalue weighted by atomic mass is 10.1. The summed E-state index contributed by atoms with van der Waals surface area (Å²) in [5.41, 5.74) is 0.458. The number of hydrogen-bond donors (Lipinski definition) is 1. The molecule has 0 saturated heterocycles. The first kappa shape index (κ1) is 34.1. The van der Waals surface area contributed by atoms with Gasteiger partial charge in [0.05, 0.1) is 5.39 Å². The van der Waals surface area contributed by atoms with Crippen LogP contribution in [0.3, 0.4) is 0 Å². The fraction of sp³-hybridized carbons (Fsp3) is 0.500. The standard InChI is InChI=1S/C30H40BrF2N3O4SSi/c1-30(2,3)40-29(37)35-11-8-7-9-21(41)15-20-16-23(32)27(24(33)17-20)39-25-10-12-34-28-26(25)22(31)18-36(28)19-38-13-14-42(4,5)6/h10,12,16-18H,7-9,11,13-15,19H2,1-6H3,(H,35,37). The lowest BCUT2D eigenvalue weighted by Crippen LogP contribution is -2.33. The molecule has 0 fully saturated rings. The van der Waals surface area contributed by atoms with Crippen LogP contribution in [0.5, 0.6) is 11.5 Å². The summed E-state index contributed by atoms with van der Waals surface area (Å²) >= 11 is 8.98. The molecule has 42 heavy (non-hydrogen) atoms. The molecule has 1 N–H and O–H groups in total. The number of unbranched alkanes of at least 4 members (excludes halogenated alkanes) is 1. The second-order valence-corrected chi connectivity index (χ2v) is 19.4. The lowest BCUT2D eigenvalue weighted by Gasteiger charge is -2.19. The maximum atomic E-state index is 15.1. The maximum absolute atomic E-state index is 15.1. The third-order valence-electron chi connectivity index (χ3n) is 6.12. The van der Waals surface area contributed by atoms with E-state index in [2.05, 4.69) is 45.9 Å². The number of carbonyl (C=O) groups excluding carboxylic acids is 1. The second kappa shape index (κ2) is 14.9. The fourth-order valence-corrected chi connectivity index (χ4v) is 5.74. The molecule has 12 heteroatoms. The zero-order valence-electron chi connectivity index (χ0n) is 25.1. The van der Waals surface area contributed by atoms with Gasteiger partial charge in [-0.15, -0.1) is 0 Å². The van der Waals surface area contributed by atoms with Crippen molar-refractivity contribution in [3.63, 3.8) is 0 Å². The summed E-state index contributed by atoms with van der Waals surface area (Å²) in [6.07, 6.45) is 5.19. The van der Waals surface area contributed by atoms with Gasteiger partial charge in [0, 0.05) is 44.5 Å². The quantitative estimate of drug-likeness (QED) is 0.104. The Kier molecular flexibility index (Phi) is 12.1.